The van der Waals surface area contributed by atoms with Crippen LogP contribution in [0.15, 0.2) is 55.0 Å². The van der Waals surface area contributed by atoms with E-state index in [1.807, 2.05) is 23.8 Å². The van der Waals surface area contributed by atoms with Gasteiger partial charge in [-0.3, -0.25) is 4.79 Å². The van der Waals surface area contributed by atoms with E-state index in [0.29, 0.717) is 28.0 Å². The molecular formula is C24H15F3N2O2. The first kappa shape index (κ1) is 19.1. The van der Waals surface area contributed by atoms with Crippen LogP contribution in [0.5, 0.6) is 5.75 Å². The van der Waals surface area contributed by atoms with Gasteiger partial charge >= 0.3 is 0 Å². The maximum Gasteiger partial charge on any atom is 0.194 e. The third-order valence-electron chi connectivity index (χ3n) is 5.43. The minimum absolute atomic E-state index is 0.148. The second-order valence-corrected chi connectivity index (χ2v) is 7.34. The summed E-state index contributed by atoms with van der Waals surface area (Å²) >= 11 is 0. The van der Waals surface area contributed by atoms with Gasteiger partial charge in [-0.15, -0.1) is 0 Å². The Bertz CT molecular complexity index is 1370. The second-order valence-electron chi connectivity index (χ2n) is 7.34. The van der Waals surface area contributed by atoms with Crippen molar-refractivity contribution < 1.29 is 22.7 Å². The van der Waals surface area contributed by atoms with E-state index in [1.165, 1.54) is 7.11 Å². The SMILES string of the molecule is COc1cc2c(cc1-n1cnc(C)c1)-c1ccc(-c3cc(F)c(F)c(F)c3)cc1C2=O. The molecule has 1 aromatic heterocycles. The number of hydrogen-bond acceptors (Lipinski definition) is 3. The summed E-state index contributed by atoms with van der Waals surface area (Å²) in [5, 5.41) is 0. The number of carbonyl (C=O) groups excluding carboxylic acids is 1. The van der Waals surface area contributed by atoms with Gasteiger partial charge in [0.25, 0.3) is 0 Å². The molecule has 0 N–H and O–H groups in total. The Balaban J connectivity index is 1.65. The molecule has 0 spiro atoms. The first-order chi connectivity index (χ1) is 14.9. The van der Waals surface area contributed by atoms with Crippen molar-refractivity contribution in [2.45, 2.75) is 6.92 Å². The number of fused-ring (bicyclic) bond motifs is 3. The molecule has 4 nitrogen and oxygen atoms in total. The standard InChI is InChI=1S/C24H15F3N2O2/c1-12-10-29(11-28-12)21-8-16-15-4-3-13(14-6-19(25)23(27)20(26)7-14)5-17(15)24(30)18(16)9-22(21)31-2/h3-11H,1-2H3. The van der Waals surface area contributed by atoms with Gasteiger partial charge in [-0.05, 0) is 59.5 Å². The normalized spacial score (nSPS) is 12.1. The van der Waals surface area contributed by atoms with Gasteiger partial charge in [-0.1, -0.05) is 12.1 Å². The van der Waals surface area contributed by atoms with Crippen LogP contribution in [0.25, 0.3) is 27.9 Å². The van der Waals surface area contributed by atoms with E-state index in [2.05, 4.69) is 4.98 Å². The number of benzene rings is 3. The number of hydrogen-bond donors (Lipinski definition) is 0. The fourth-order valence-corrected chi connectivity index (χ4v) is 3.91. The van der Waals surface area contributed by atoms with Crippen molar-refractivity contribution in [2.75, 3.05) is 7.11 Å². The fourth-order valence-electron chi connectivity index (χ4n) is 3.91. The van der Waals surface area contributed by atoms with E-state index < -0.39 is 17.5 Å². The molecule has 1 heterocycles. The zero-order valence-electron chi connectivity index (χ0n) is 16.5. The maximum atomic E-state index is 13.7. The highest BCUT2D eigenvalue weighted by atomic mass is 19.2. The first-order valence-corrected chi connectivity index (χ1v) is 9.44. The molecule has 0 fully saturated rings. The molecule has 0 bridgehead atoms. The summed E-state index contributed by atoms with van der Waals surface area (Å²) in [6.07, 6.45) is 3.51. The topological polar surface area (TPSA) is 44.1 Å². The maximum absolute atomic E-state index is 13.7. The number of rotatable bonds is 3. The lowest BCUT2D eigenvalue weighted by Gasteiger charge is -2.12. The van der Waals surface area contributed by atoms with E-state index in [9.17, 15) is 18.0 Å². The van der Waals surface area contributed by atoms with Gasteiger partial charge < -0.3 is 9.30 Å². The van der Waals surface area contributed by atoms with E-state index in [1.54, 1.807) is 30.6 Å². The summed E-state index contributed by atoms with van der Waals surface area (Å²) in [4.78, 5) is 17.3. The Hall–Kier alpha value is -3.87. The Morgan fingerprint density at radius 1 is 0.871 bits per heavy atom. The van der Waals surface area contributed by atoms with Crippen molar-refractivity contribution in [1.29, 1.82) is 0 Å². The Labute approximate surface area is 175 Å². The number of halogens is 3. The van der Waals surface area contributed by atoms with E-state index >= 15 is 0 Å². The lowest BCUT2D eigenvalue weighted by atomic mass is 9.98. The molecule has 154 valence electrons. The predicted molar refractivity (Wildman–Crippen MR) is 109 cm³/mol. The van der Waals surface area contributed by atoms with Crippen LogP contribution in [-0.2, 0) is 0 Å². The summed E-state index contributed by atoms with van der Waals surface area (Å²) < 4.78 is 48.0. The van der Waals surface area contributed by atoms with Crippen molar-refractivity contribution in [2.24, 2.45) is 0 Å². The molecular weight excluding hydrogens is 405 g/mol. The van der Waals surface area contributed by atoms with Crippen LogP contribution >= 0.6 is 0 Å². The fraction of sp³-hybridized carbons (Fsp3) is 0.0833. The Kier molecular flexibility index (Phi) is 4.22. The van der Waals surface area contributed by atoms with Crippen LogP contribution in [0.4, 0.5) is 13.2 Å². The van der Waals surface area contributed by atoms with Crippen molar-refractivity contribution in [3.8, 4) is 33.7 Å². The number of methoxy groups -OCH3 is 1. The highest BCUT2D eigenvalue weighted by Crippen LogP contribution is 2.42. The minimum atomic E-state index is -1.53. The monoisotopic (exact) mass is 420 g/mol. The molecule has 0 unspecified atom stereocenters. The quantitative estimate of drug-likeness (QED) is 0.363. The van der Waals surface area contributed by atoms with Gasteiger partial charge in [0, 0.05) is 17.3 Å². The molecule has 4 aromatic rings. The molecule has 0 saturated heterocycles. The number of aromatic nitrogens is 2. The Morgan fingerprint density at radius 3 is 2.23 bits per heavy atom. The van der Waals surface area contributed by atoms with Gasteiger partial charge in [0.15, 0.2) is 23.2 Å². The molecule has 31 heavy (non-hydrogen) atoms. The highest BCUT2D eigenvalue weighted by molar-refractivity contribution is 6.22. The summed E-state index contributed by atoms with van der Waals surface area (Å²) in [7, 11) is 1.53. The molecule has 7 heteroatoms. The Morgan fingerprint density at radius 2 is 1.58 bits per heavy atom. The van der Waals surface area contributed by atoms with Gasteiger partial charge in [-0.25, -0.2) is 18.2 Å². The van der Waals surface area contributed by atoms with Crippen LogP contribution in [0, 0.1) is 24.4 Å². The van der Waals surface area contributed by atoms with Crippen LogP contribution < -0.4 is 4.74 Å². The third-order valence-corrected chi connectivity index (χ3v) is 5.43. The summed E-state index contributed by atoms with van der Waals surface area (Å²) in [6, 6.07) is 10.3. The van der Waals surface area contributed by atoms with Gasteiger partial charge in [0.2, 0.25) is 0 Å². The second kappa shape index (κ2) is 6.84. The molecule has 5 rings (SSSR count). The predicted octanol–water partition coefficient (Wildman–Crippen LogP) is 5.49. The minimum Gasteiger partial charge on any atom is -0.495 e. The molecule has 0 atom stereocenters. The third kappa shape index (κ3) is 2.92. The van der Waals surface area contributed by atoms with Crippen molar-refractivity contribution >= 4 is 5.78 Å². The van der Waals surface area contributed by atoms with E-state index in [4.69, 9.17) is 4.74 Å². The number of nitrogens with zero attached hydrogens (tertiary/aromatic N) is 2. The number of imidazole rings is 1. The van der Waals surface area contributed by atoms with Crippen molar-refractivity contribution in [3.63, 3.8) is 0 Å². The molecule has 1 aliphatic carbocycles. The molecule has 1 aliphatic rings. The van der Waals surface area contributed by atoms with E-state index in [-0.39, 0.29) is 11.3 Å². The number of ketones is 1. The summed E-state index contributed by atoms with van der Waals surface area (Å²) in [6.45, 7) is 1.87. The van der Waals surface area contributed by atoms with Crippen LogP contribution in [0.2, 0.25) is 0 Å². The highest BCUT2D eigenvalue weighted by Gasteiger charge is 2.29. The van der Waals surface area contributed by atoms with Gasteiger partial charge in [0.1, 0.15) is 5.75 Å². The van der Waals surface area contributed by atoms with Gasteiger partial charge in [0.05, 0.1) is 24.8 Å². The van der Waals surface area contributed by atoms with Crippen molar-refractivity contribution in [3.05, 3.63) is 89.3 Å². The molecule has 3 aromatic carbocycles. The first-order valence-electron chi connectivity index (χ1n) is 9.44. The average Bonchev–Trinajstić information content (AvgIpc) is 3.31. The smallest absolute Gasteiger partial charge is 0.194 e. The summed E-state index contributed by atoms with van der Waals surface area (Å²) in [5.41, 5.74) is 4.43. The molecule has 0 saturated carbocycles. The lowest BCUT2D eigenvalue weighted by Crippen LogP contribution is -2.00. The van der Waals surface area contributed by atoms with Crippen LogP contribution in [-0.4, -0.2) is 22.4 Å². The zero-order valence-corrected chi connectivity index (χ0v) is 16.5. The van der Waals surface area contributed by atoms with Gasteiger partial charge in [-0.2, -0.15) is 0 Å². The lowest BCUT2D eigenvalue weighted by molar-refractivity contribution is 0.104. The van der Waals surface area contributed by atoms with Crippen LogP contribution in [0.3, 0.4) is 0 Å². The number of carbonyl (C=O) groups is 1. The molecule has 0 aliphatic heterocycles. The number of aryl methyl sites for hydroxylation is 1. The molecule has 0 radical (unpaired) electrons. The largest absolute Gasteiger partial charge is 0.495 e. The zero-order chi connectivity index (χ0) is 21.9. The summed E-state index contributed by atoms with van der Waals surface area (Å²) in [5.74, 6) is -3.80. The van der Waals surface area contributed by atoms with Crippen LogP contribution in [0.1, 0.15) is 21.6 Å². The van der Waals surface area contributed by atoms with Crippen molar-refractivity contribution in [1.82, 2.24) is 9.55 Å². The average molecular weight is 420 g/mol. The van der Waals surface area contributed by atoms with E-state index in [0.717, 1.165) is 29.1 Å². The number of ether oxygens (including phenoxy) is 1. The molecule has 0 amide bonds.